The Morgan fingerprint density at radius 3 is 2.62 bits per heavy atom. The molecule has 13 heavy (non-hydrogen) atoms. The predicted octanol–water partition coefficient (Wildman–Crippen LogP) is 1.34. The van der Waals surface area contributed by atoms with E-state index in [9.17, 15) is 10.1 Å². The summed E-state index contributed by atoms with van der Waals surface area (Å²) in [6.45, 7) is 0. The van der Waals surface area contributed by atoms with Gasteiger partial charge in [-0.3, -0.25) is 10.1 Å². The van der Waals surface area contributed by atoms with Gasteiger partial charge in [-0.1, -0.05) is 23.4 Å². The number of nitrogens with zero attached hydrogens (tertiary/aromatic N) is 3. The number of nitrogen functional groups attached to an aromatic ring is 1. The lowest BCUT2D eigenvalue weighted by atomic mass is 10.5. The second-order valence-corrected chi connectivity index (χ2v) is 3.12. The third-order valence-corrected chi connectivity index (χ3v) is 2.02. The highest BCUT2D eigenvalue weighted by molar-refractivity contribution is 7.98. The van der Waals surface area contributed by atoms with Crippen LogP contribution in [0.5, 0.6) is 0 Å². The molecule has 0 saturated carbocycles. The molecule has 1 aromatic heterocycles. The average Bonchev–Trinajstić information content (AvgIpc) is 2.02. The summed E-state index contributed by atoms with van der Waals surface area (Å²) in [5.74, 6) is -0.214. The van der Waals surface area contributed by atoms with Crippen molar-refractivity contribution in [2.45, 2.75) is 5.16 Å². The molecule has 0 aliphatic carbocycles. The fourth-order valence-corrected chi connectivity index (χ4v) is 1.35. The third kappa shape index (κ3) is 1.99. The van der Waals surface area contributed by atoms with Crippen molar-refractivity contribution >= 4 is 34.9 Å². The highest BCUT2D eigenvalue weighted by Crippen LogP contribution is 2.28. The number of nitro groups is 1. The summed E-state index contributed by atoms with van der Waals surface area (Å²) >= 11 is 6.73. The number of halogens is 1. The van der Waals surface area contributed by atoms with Crippen molar-refractivity contribution in [1.82, 2.24) is 9.97 Å². The Bertz CT molecular complexity index is 335. The van der Waals surface area contributed by atoms with Crippen LogP contribution in [0.25, 0.3) is 0 Å². The standard InChI is InChI=1S/C5H5ClN4O2S/c1-13-5-8-3(6)2(10(11)12)4(7)9-5/h1H3,(H2,7,8,9). The van der Waals surface area contributed by atoms with Crippen LogP contribution in [0, 0.1) is 10.1 Å². The van der Waals surface area contributed by atoms with Gasteiger partial charge in [0.1, 0.15) is 0 Å². The maximum Gasteiger partial charge on any atom is 0.348 e. The van der Waals surface area contributed by atoms with Gasteiger partial charge in [-0.15, -0.1) is 0 Å². The molecule has 0 aromatic carbocycles. The maximum atomic E-state index is 10.4. The van der Waals surface area contributed by atoms with Gasteiger partial charge in [0.05, 0.1) is 4.92 Å². The quantitative estimate of drug-likeness (QED) is 0.266. The van der Waals surface area contributed by atoms with E-state index in [1.807, 2.05) is 0 Å². The second-order valence-electron chi connectivity index (χ2n) is 1.99. The zero-order valence-corrected chi connectivity index (χ0v) is 8.09. The Hall–Kier alpha value is -1.08. The average molecular weight is 221 g/mol. The van der Waals surface area contributed by atoms with E-state index in [4.69, 9.17) is 17.3 Å². The molecule has 0 fully saturated rings. The summed E-state index contributed by atoms with van der Waals surface area (Å²) in [5.41, 5.74) is 4.86. The van der Waals surface area contributed by atoms with Crippen LogP contribution in [0.2, 0.25) is 5.15 Å². The van der Waals surface area contributed by atoms with Crippen molar-refractivity contribution in [3.05, 3.63) is 15.3 Å². The number of hydrogen-bond acceptors (Lipinski definition) is 6. The van der Waals surface area contributed by atoms with Crippen LogP contribution in [0.4, 0.5) is 11.5 Å². The van der Waals surface area contributed by atoms with Crippen LogP contribution in [-0.2, 0) is 0 Å². The number of nitrogens with two attached hydrogens (primary N) is 1. The minimum atomic E-state index is -0.707. The van der Waals surface area contributed by atoms with E-state index >= 15 is 0 Å². The van der Waals surface area contributed by atoms with Crippen molar-refractivity contribution in [2.24, 2.45) is 0 Å². The third-order valence-electron chi connectivity index (χ3n) is 1.21. The molecule has 0 saturated heterocycles. The first-order valence-electron chi connectivity index (χ1n) is 3.07. The molecule has 0 spiro atoms. The highest BCUT2D eigenvalue weighted by Gasteiger charge is 2.20. The number of anilines is 1. The molecular weight excluding hydrogens is 216 g/mol. The van der Waals surface area contributed by atoms with Gasteiger partial charge in [0.15, 0.2) is 5.16 Å². The van der Waals surface area contributed by atoms with E-state index < -0.39 is 10.6 Å². The summed E-state index contributed by atoms with van der Waals surface area (Å²) in [5, 5.41) is 10.5. The van der Waals surface area contributed by atoms with Crippen LogP contribution in [0.15, 0.2) is 5.16 Å². The first kappa shape index (κ1) is 10.0. The summed E-state index contributed by atoms with van der Waals surface area (Å²) in [6, 6.07) is 0. The molecule has 1 rings (SSSR count). The van der Waals surface area contributed by atoms with E-state index in [0.29, 0.717) is 5.16 Å². The van der Waals surface area contributed by atoms with E-state index in [2.05, 4.69) is 9.97 Å². The second kappa shape index (κ2) is 3.75. The van der Waals surface area contributed by atoms with Crippen molar-refractivity contribution in [2.75, 3.05) is 12.0 Å². The summed E-state index contributed by atoms with van der Waals surface area (Å²) in [7, 11) is 0. The molecule has 0 aliphatic heterocycles. The first-order valence-corrected chi connectivity index (χ1v) is 4.68. The Balaban J connectivity index is 3.31. The van der Waals surface area contributed by atoms with Gasteiger partial charge < -0.3 is 5.73 Å². The van der Waals surface area contributed by atoms with Gasteiger partial charge in [-0.25, -0.2) is 4.98 Å². The Morgan fingerprint density at radius 1 is 1.62 bits per heavy atom. The van der Waals surface area contributed by atoms with Crippen LogP contribution in [0.3, 0.4) is 0 Å². The fraction of sp³-hybridized carbons (Fsp3) is 0.200. The van der Waals surface area contributed by atoms with Gasteiger partial charge in [-0.05, 0) is 6.26 Å². The first-order chi connectivity index (χ1) is 6.06. The number of aromatic nitrogens is 2. The largest absolute Gasteiger partial charge is 0.378 e. The molecule has 0 aliphatic rings. The number of thioether (sulfide) groups is 1. The molecule has 1 aromatic rings. The molecule has 0 unspecified atom stereocenters. The zero-order chi connectivity index (χ0) is 10.0. The van der Waals surface area contributed by atoms with Gasteiger partial charge in [0.25, 0.3) is 0 Å². The van der Waals surface area contributed by atoms with E-state index in [-0.39, 0.29) is 11.0 Å². The maximum absolute atomic E-state index is 10.4. The van der Waals surface area contributed by atoms with Crippen LogP contribution >= 0.6 is 23.4 Å². The van der Waals surface area contributed by atoms with Crippen LogP contribution in [0.1, 0.15) is 0 Å². The molecule has 6 nitrogen and oxygen atoms in total. The van der Waals surface area contributed by atoms with Crippen molar-refractivity contribution in [1.29, 1.82) is 0 Å². The van der Waals surface area contributed by atoms with Crippen molar-refractivity contribution in [3.8, 4) is 0 Å². The highest BCUT2D eigenvalue weighted by atomic mass is 35.5. The molecule has 2 N–H and O–H groups in total. The van der Waals surface area contributed by atoms with E-state index in [1.54, 1.807) is 6.26 Å². The van der Waals surface area contributed by atoms with E-state index in [1.165, 1.54) is 11.8 Å². The van der Waals surface area contributed by atoms with Crippen molar-refractivity contribution < 1.29 is 4.92 Å². The van der Waals surface area contributed by atoms with Gasteiger partial charge in [0, 0.05) is 0 Å². The Labute approximate surface area is 82.7 Å². The molecule has 0 bridgehead atoms. The van der Waals surface area contributed by atoms with Crippen LogP contribution in [-0.4, -0.2) is 21.1 Å². The normalized spacial score (nSPS) is 10.0. The lowest BCUT2D eigenvalue weighted by molar-refractivity contribution is -0.384. The molecule has 0 amide bonds. The zero-order valence-electron chi connectivity index (χ0n) is 6.52. The minimum absolute atomic E-state index is 0.214. The van der Waals surface area contributed by atoms with Crippen molar-refractivity contribution in [3.63, 3.8) is 0 Å². The van der Waals surface area contributed by atoms with Gasteiger partial charge in [-0.2, -0.15) is 4.98 Å². The number of hydrogen-bond donors (Lipinski definition) is 1. The summed E-state index contributed by atoms with van der Waals surface area (Å²) in [6.07, 6.45) is 1.72. The summed E-state index contributed by atoms with van der Waals surface area (Å²) in [4.78, 5) is 17.0. The van der Waals surface area contributed by atoms with Crippen LogP contribution < -0.4 is 5.73 Å². The van der Waals surface area contributed by atoms with Gasteiger partial charge >= 0.3 is 5.69 Å². The molecule has 70 valence electrons. The summed E-state index contributed by atoms with van der Waals surface area (Å²) < 4.78 is 0. The smallest absolute Gasteiger partial charge is 0.348 e. The lowest BCUT2D eigenvalue weighted by Crippen LogP contribution is -2.02. The molecule has 8 heteroatoms. The van der Waals surface area contributed by atoms with E-state index in [0.717, 1.165) is 0 Å². The Morgan fingerprint density at radius 2 is 2.23 bits per heavy atom. The topological polar surface area (TPSA) is 94.9 Å². The molecule has 0 radical (unpaired) electrons. The number of rotatable bonds is 2. The SMILES string of the molecule is CSc1nc(N)c([N+](=O)[O-])c(Cl)n1. The lowest BCUT2D eigenvalue weighted by Gasteiger charge is -1.99. The Kier molecular flexibility index (Phi) is 2.89. The molecule has 1 heterocycles. The molecular formula is C5H5ClN4O2S. The van der Waals surface area contributed by atoms with Gasteiger partial charge in [0.2, 0.25) is 11.0 Å². The predicted molar refractivity (Wildman–Crippen MR) is 49.9 cm³/mol. The monoisotopic (exact) mass is 220 g/mol. The fourth-order valence-electron chi connectivity index (χ4n) is 0.684. The molecule has 0 atom stereocenters. The minimum Gasteiger partial charge on any atom is -0.378 e.